The summed E-state index contributed by atoms with van der Waals surface area (Å²) in [4.78, 5) is 6.83. The van der Waals surface area contributed by atoms with Gasteiger partial charge < -0.3 is 0 Å². The number of nitrogens with zero attached hydrogens (tertiary/aromatic N) is 2. The van der Waals surface area contributed by atoms with Crippen molar-refractivity contribution in [3.63, 3.8) is 0 Å². The SMILES string of the molecule is Cc1nc(CN(C)C2CC2)cs1. The summed E-state index contributed by atoms with van der Waals surface area (Å²) in [7, 11) is 2.19. The van der Waals surface area contributed by atoms with Gasteiger partial charge in [-0.15, -0.1) is 11.3 Å². The van der Waals surface area contributed by atoms with E-state index >= 15 is 0 Å². The fourth-order valence-corrected chi connectivity index (χ4v) is 1.98. The fraction of sp³-hybridized carbons (Fsp3) is 0.667. The van der Waals surface area contributed by atoms with E-state index in [1.807, 2.05) is 0 Å². The van der Waals surface area contributed by atoms with Crippen LogP contribution in [-0.2, 0) is 6.54 Å². The van der Waals surface area contributed by atoms with Gasteiger partial charge in [-0.2, -0.15) is 0 Å². The molecule has 1 aliphatic carbocycles. The summed E-state index contributed by atoms with van der Waals surface area (Å²) in [6.07, 6.45) is 2.75. The molecule has 0 N–H and O–H groups in total. The Balaban J connectivity index is 1.93. The summed E-state index contributed by atoms with van der Waals surface area (Å²) >= 11 is 1.74. The van der Waals surface area contributed by atoms with Gasteiger partial charge in [0.25, 0.3) is 0 Å². The molecule has 1 aliphatic rings. The normalized spacial score (nSPS) is 17.2. The molecular weight excluding hydrogens is 168 g/mol. The van der Waals surface area contributed by atoms with E-state index in [0.29, 0.717) is 0 Å². The van der Waals surface area contributed by atoms with Crippen molar-refractivity contribution in [3.8, 4) is 0 Å². The van der Waals surface area contributed by atoms with Crippen molar-refractivity contribution in [3.05, 3.63) is 16.1 Å². The van der Waals surface area contributed by atoms with Crippen LogP contribution in [0.25, 0.3) is 0 Å². The molecule has 1 aromatic heterocycles. The van der Waals surface area contributed by atoms with Crippen LogP contribution in [0.4, 0.5) is 0 Å². The van der Waals surface area contributed by atoms with Gasteiger partial charge in [0.2, 0.25) is 0 Å². The van der Waals surface area contributed by atoms with Crippen molar-refractivity contribution >= 4 is 11.3 Å². The van der Waals surface area contributed by atoms with E-state index in [0.717, 1.165) is 12.6 Å². The maximum absolute atomic E-state index is 4.44. The molecule has 3 heteroatoms. The maximum Gasteiger partial charge on any atom is 0.0897 e. The van der Waals surface area contributed by atoms with Crippen LogP contribution in [0.1, 0.15) is 23.5 Å². The first-order valence-corrected chi connectivity index (χ1v) is 5.25. The smallest absolute Gasteiger partial charge is 0.0897 e. The van der Waals surface area contributed by atoms with E-state index < -0.39 is 0 Å². The Morgan fingerprint density at radius 1 is 1.67 bits per heavy atom. The molecule has 0 atom stereocenters. The fourth-order valence-electron chi connectivity index (χ4n) is 1.38. The minimum atomic E-state index is 0.840. The minimum absolute atomic E-state index is 0.840. The summed E-state index contributed by atoms with van der Waals surface area (Å²) in [6, 6.07) is 0.840. The van der Waals surface area contributed by atoms with Crippen LogP contribution >= 0.6 is 11.3 Å². The van der Waals surface area contributed by atoms with Gasteiger partial charge in [0.15, 0.2) is 0 Å². The average molecular weight is 182 g/mol. The summed E-state index contributed by atoms with van der Waals surface area (Å²) in [5, 5.41) is 3.34. The van der Waals surface area contributed by atoms with E-state index in [4.69, 9.17) is 0 Å². The zero-order valence-corrected chi connectivity index (χ0v) is 8.40. The van der Waals surface area contributed by atoms with Crippen molar-refractivity contribution in [2.45, 2.75) is 32.4 Å². The van der Waals surface area contributed by atoms with Crippen molar-refractivity contribution < 1.29 is 0 Å². The molecule has 2 rings (SSSR count). The highest BCUT2D eigenvalue weighted by molar-refractivity contribution is 7.09. The van der Waals surface area contributed by atoms with Crippen LogP contribution in [0.2, 0.25) is 0 Å². The third-order valence-corrected chi connectivity index (χ3v) is 3.07. The van der Waals surface area contributed by atoms with Gasteiger partial charge in [0.05, 0.1) is 10.7 Å². The van der Waals surface area contributed by atoms with Gasteiger partial charge in [-0.1, -0.05) is 0 Å². The summed E-state index contributed by atoms with van der Waals surface area (Å²) < 4.78 is 0. The lowest BCUT2D eigenvalue weighted by molar-refractivity contribution is 0.313. The molecule has 0 aliphatic heterocycles. The molecule has 12 heavy (non-hydrogen) atoms. The van der Waals surface area contributed by atoms with Crippen LogP contribution in [0.5, 0.6) is 0 Å². The number of aryl methyl sites for hydroxylation is 1. The highest BCUT2D eigenvalue weighted by atomic mass is 32.1. The molecule has 1 heterocycles. The zero-order chi connectivity index (χ0) is 8.55. The van der Waals surface area contributed by atoms with Gasteiger partial charge in [-0.05, 0) is 26.8 Å². The summed E-state index contributed by atoms with van der Waals surface area (Å²) in [5.74, 6) is 0. The summed E-state index contributed by atoms with van der Waals surface area (Å²) in [5.41, 5.74) is 1.23. The quantitative estimate of drug-likeness (QED) is 0.711. The van der Waals surface area contributed by atoms with Crippen molar-refractivity contribution in [1.82, 2.24) is 9.88 Å². The molecule has 0 spiro atoms. The first-order valence-electron chi connectivity index (χ1n) is 4.37. The Morgan fingerprint density at radius 3 is 2.92 bits per heavy atom. The Kier molecular flexibility index (Phi) is 2.15. The predicted molar refractivity (Wildman–Crippen MR) is 51.3 cm³/mol. The van der Waals surface area contributed by atoms with Gasteiger partial charge in [0, 0.05) is 18.0 Å². The van der Waals surface area contributed by atoms with E-state index in [1.54, 1.807) is 11.3 Å². The van der Waals surface area contributed by atoms with Gasteiger partial charge in [0.1, 0.15) is 0 Å². The second-order valence-electron chi connectivity index (χ2n) is 3.50. The number of aromatic nitrogens is 1. The van der Waals surface area contributed by atoms with Crippen LogP contribution in [0, 0.1) is 6.92 Å². The molecule has 0 unspecified atom stereocenters. The second kappa shape index (κ2) is 3.15. The van der Waals surface area contributed by atoms with E-state index in [-0.39, 0.29) is 0 Å². The Bertz CT molecular complexity index is 265. The number of hydrogen-bond donors (Lipinski definition) is 0. The average Bonchev–Trinajstić information content (AvgIpc) is 2.78. The standard InChI is InChI=1S/C9H14N2S/c1-7-10-8(6-12-7)5-11(2)9-3-4-9/h6,9H,3-5H2,1-2H3. The second-order valence-corrected chi connectivity index (χ2v) is 4.57. The topological polar surface area (TPSA) is 16.1 Å². The number of thiazole rings is 1. The molecule has 0 radical (unpaired) electrons. The van der Waals surface area contributed by atoms with Gasteiger partial charge >= 0.3 is 0 Å². The van der Waals surface area contributed by atoms with Gasteiger partial charge in [-0.3, -0.25) is 4.90 Å². The van der Waals surface area contributed by atoms with Gasteiger partial charge in [-0.25, -0.2) is 4.98 Å². The highest BCUT2D eigenvalue weighted by Gasteiger charge is 2.26. The molecule has 0 bridgehead atoms. The lowest BCUT2D eigenvalue weighted by Gasteiger charge is -2.12. The van der Waals surface area contributed by atoms with Crippen molar-refractivity contribution in [1.29, 1.82) is 0 Å². The first-order chi connectivity index (χ1) is 5.75. The molecule has 1 saturated carbocycles. The molecular formula is C9H14N2S. The molecule has 66 valence electrons. The lowest BCUT2D eigenvalue weighted by Crippen LogP contribution is -2.19. The van der Waals surface area contributed by atoms with Crippen LogP contribution < -0.4 is 0 Å². The molecule has 1 aromatic rings. The van der Waals surface area contributed by atoms with E-state index in [2.05, 4.69) is 29.2 Å². The predicted octanol–water partition coefficient (Wildman–Crippen LogP) is 2.05. The van der Waals surface area contributed by atoms with Crippen LogP contribution in [0.15, 0.2) is 5.38 Å². The molecule has 0 saturated heterocycles. The first kappa shape index (κ1) is 8.20. The van der Waals surface area contributed by atoms with Crippen molar-refractivity contribution in [2.24, 2.45) is 0 Å². The van der Waals surface area contributed by atoms with E-state index in [9.17, 15) is 0 Å². The highest BCUT2D eigenvalue weighted by Crippen LogP contribution is 2.26. The third-order valence-electron chi connectivity index (χ3n) is 2.25. The van der Waals surface area contributed by atoms with Crippen LogP contribution in [-0.4, -0.2) is 23.0 Å². The monoisotopic (exact) mass is 182 g/mol. The third kappa shape index (κ3) is 1.84. The molecule has 2 nitrogen and oxygen atoms in total. The largest absolute Gasteiger partial charge is 0.298 e. The summed E-state index contributed by atoms with van der Waals surface area (Å²) in [6.45, 7) is 3.08. The Labute approximate surface area is 77.2 Å². The molecule has 0 aromatic carbocycles. The number of rotatable bonds is 3. The Hall–Kier alpha value is -0.410. The maximum atomic E-state index is 4.44. The van der Waals surface area contributed by atoms with Crippen molar-refractivity contribution in [2.75, 3.05) is 7.05 Å². The number of hydrogen-bond acceptors (Lipinski definition) is 3. The van der Waals surface area contributed by atoms with Crippen LogP contribution in [0.3, 0.4) is 0 Å². The molecule has 0 amide bonds. The van der Waals surface area contributed by atoms with E-state index in [1.165, 1.54) is 23.5 Å². The lowest BCUT2D eigenvalue weighted by atomic mass is 10.4. The molecule has 1 fully saturated rings. The minimum Gasteiger partial charge on any atom is -0.298 e. The Morgan fingerprint density at radius 2 is 2.42 bits per heavy atom. The zero-order valence-electron chi connectivity index (χ0n) is 7.58.